The largest absolute Gasteiger partial charge is 0.494 e. The predicted molar refractivity (Wildman–Crippen MR) is 106 cm³/mol. The lowest BCUT2D eigenvalue weighted by Crippen LogP contribution is -2.11. The Kier molecular flexibility index (Phi) is 6.52. The number of nitrogens with one attached hydrogen (secondary N) is 2. The van der Waals surface area contributed by atoms with E-state index < -0.39 is 10.0 Å². The molecule has 0 heterocycles. The summed E-state index contributed by atoms with van der Waals surface area (Å²) in [7, 11) is -2.04. The van der Waals surface area contributed by atoms with Crippen molar-refractivity contribution < 1.29 is 17.9 Å². The highest BCUT2D eigenvalue weighted by Crippen LogP contribution is 2.28. The summed E-state index contributed by atoms with van der Waals surface area (Å²) >= 11 is 11.8. The van der Waals surface area contributed by atoms with Crippen molar-refractivity contribution in [3.05, 3.63) is 58.1 Å². The molecule has 2 N–H and O–H groups in total. The molecule has 2 rings (SSSR count). The molecule has 6 nitrogen and oxygen atoms in total. The Hall–Kier alpha value is -2.22. The molecule has 0 aromatic heterocycles. The van der Waals surface area contributed by atoms with Gasteiger partial charge in [0.2, 0.25) is 15.9 Å². The molecule has 0 aliphatic rings. The van der Waals surface area contributed by atoms with E-state index in [2.05, 4.69) is 10.0 Å². The van der Waals surface area contributed by atoms with Gasteiger partial charge >= 0.3 is 0 Å². The number of rotatable bonds is 6. The Balaban J connectivity index is 2.10. The Bertz CT molecular complexity index is 959. The molecule has 0 saturated carbocycles. The zero-order chi connectivity index (χ0) is 19.3. The van der Waals surface area contributed by atoms with Crippen LogP contribution in [-0.2, 0) is 14.8 Å². The number of halogens is 2. The van der Waals surface area contributed by atoms with E-state index in [1.165, 1.54) is 25.3 Å². The van der Waals surface area contributed by atoms with Gasteiger partial charge in [-0.2, -0.15) is 0 Å². The molecule has 0 radical (unpaired) electrons. The summed E-state index contributed by atoms with van der Waals surface area (Å²) in [5.41, 5.74) is 1.45. The number of amides is 1. The maximum Gasteiger partial charge on any atom is 0.248 e. The van der Waals surface area contributed by atoms with Gasteiger partial charge in [0.15, 0.2) is 0 Å². The van der Waals surface area contributed by atoms with E-state index in [0.29, 0.717) is 15.7 Å². The minimum atomic E-state index is -3.44. The summed E-state index contributed by atoms with van der Waals surface area (Å²) in [6.07, 6.45) is 3.97. The predicted octanol–water partition coefficient (Wildman–Crippen LogP) is 4.03. The van der Waals surface area contributed by atoms with Gasteiger partial charge < -0.3 is 10.1 Å². The quantitative estimate of drug-likeness (QED) is 0.698. The number of ether oxygens (including phenoxy) is 1. The first kappa shape index (κ1) is 20.1. The van der Waals surface area contributed by atoms with Crippen molar-refractivity contribution in [3.8, 4) is 5.75 Å². The molecule has 0 spiro atoms. The third kappa shape index (κ3) is 5.94. The van der Waals surface area contributed by atoms with Crippen LogP contribution in [0.2, 0.25) is 10.0 Å². The summed E-state index contributed by atoms with van der Waals surface area (Å²) in [5, 5.41) is 3.49. The van der Waals surface area contributed by atoms with Crippen molar-refractivity contribution in [2.24, 2.45) is 0 Å². The maximum absolute atomic E-state index is 12.0. The van der Waals surface area contributed by atoms with Gasteiger partial charge in [0.1, 0.15) is 5.75 Å². The van der Waals surface area contributed by atoms with Crippen LogP contribution in [0.4, 0.5) is 11.4 Å². The van der Waals surface area contributed by atoms with E-state index in [1.54, 1.807) is 30.3 Å². The van der Waals surface area contributed by atoms with Crippen LogP contribution in [-0.4, -0.2) is 27.7 Å². The number of hydrogen-bond donors (Lipinski definition) is 2. The summed E-state index contributed by atoms with van der Waals surface area (Å²) in [5.74, 6) is -0.0939. The average Bonchev–Trinajstić information content (AvgIpc) is 2.56. The fourth-order valence-corrected chi connectivity index (χ4v) is 2.90. The monoisotopic (exact) mass is 414 g/mol. The van der Waals surface area contributed by atoms with E-state index in [-0.39, 0.29) is 17.3 Å². The number of benzene rings is 2. The molecule has 2 aromatic rings. The van der Waals surface area contributed by atoms with Gasteiger partial charge in [0.25, 0.3) is 0 Å². The second kappa shape index (κ2) is 8.44. The standard InChI is InChI=1S/C17H16Cl2N2O4S/c1-25-16-10-12(5-7-15(16)21-26(2,23)24)20-17(22)8-4-11-3-6-13(18)14(19)9-11/h3-10,21H,1-2H3,(H,20,22)/b8-4+. The fraction of sp³-hybridized carbons (Fsp3) is 0.118. The first-order chi connectivity index (χ1) is 12.2. The molecular weight excluding hydrogens is 399 g/mol. The van der Waals surface area contributed by atoms with Gasteiger partial charge in [-0.1, -0.05) is 29.3 Å². The molecule has 0 fully saturated rings. The van der Waals surface area contributed by atoms with Crippen molar-refractivity contribution in [2.45, 2.75) is 0 Å². The zero-order valence-electron chi connectivity index (χ0n) is 13.9. The van der Waals surface area contributed by atoms with Gasteiger partial charge in [0.05, 0.1) is 29.1 Å². The first-order valence-corrected chi connectivity index (χ1v) is 9.92. The van der Waals surface area contributed by atoms with E-state index >= 15 is 0 Å². The zero-order valence-corrected chi connectivity index (χ0v) is 16.2. The van der Waals surface area contributed by atoms with E-state index in [0.717, 1.165) is 11.8 Å². The molecule has 0 aliphatic heterocycles. The topological polar surface area (TPSA) is 84.5 Å². The van der Waals surface area contributed by atoms with Gasteiger partial charge in [0, 0.05) is 17.8 Å². The highest BCUT2D eigenvalue weighted by atomic mass is 35.5. The minimum Gasteiger partial charge on any atom is -0.494 e. The highest BCUT2D eigenvalue weighted by Gasteiger charge is 2.10. The van der Waals surface area contributed by atoms with Crippen molar-refractivity contribution in [1.29, 1.82) is 0 Å². The van der Waals surface area contributed by atoms with E-state index in [4.69, 9.17) is 27.9 Å². The van der Waals surface area contributed by atoms with E-state index in [1.807, 2.05) is 0 Å². The second-order valence-electron chi connectivity index (χ2n) is 5.29. The Morgan fingerprint density at radius 3 is 2.46 bits per heavy atom. The Morgan fingerprint density at radius 2 is 1.85 bits per heavy atom. The molecule has 0 aliphatic carbocycles. The normalized spacial score (nSPS) is 11.4. The van der Waals surface area contributed by atoms with Crippen LogP contribution in [0.15, 0.2) is 42.5 Å². The van der Waals surface area contributed by atoms with E-state index in [9.17, 15) is 13.2 Å². The van der Waals surface area contributed by atoms with Crippen LogP contribution in [0.1, 0.15) is 5.56 Å². The van der Waals surface area contributed by atoms with Crippen LogP contribution in [0.5, 0.6) is 5.75 Å². The smallest absolute Gasteiger partial charge is 0.248 e. The van der Waals surface area contributed by atoms with Gasteiger partial charge in [-0.3, -0.25) is 9.52 Å². The number of sulfonamides is 1. The van der Waals surface area contributed by atoms with Crippen molar-refractivity contribution in [1.82, 2.24) is 0 Å². The van der Waals surface area contributed by atoms with Gasteiger partial charge in [-0.15, -0.1) is 0 Å². The first-order valence-electron chi connectivity index (χ1n) is 7.28. The maximum atomic E-state index is 12.0. The lowest BCUT2D eigenvalue weighted by atomic mass is 10.2. The molecule has 1 amide bonds. The highest BCUT2D eigenvalue weighted by molar-refractivity contribution is 7.92. The molecule has 0 unspecified atom stereocenters. The van der Waals surface area contributed by atoms with Crippen LogP contribution in [0.25, 0.3) is 6.08 Å². The summed E-state index contributed by atoms with van der Waals surface area (Å²) in [6.45, 7) is 0. The summed E-state index contributed by atoms with van der Waals surface area (Å²) in [4.78, 5) is 12.0. The second-order valence-corrected chi connectivity index (χ2v) is 7.85. The number of methoxy groups -OCH3 is 1. The lowest BCUT2D eigenvalue weighted by Gasteiger charge is -2.11. The Morgan fingerprint density at radius 1 is 1.12 bits per heavy atom. The Labute approximate surface area is 161 Å². The van der Waals surface area contributed by atoms with Crippen LogP contribution >= 0.6 is 23.2 Å². The molecule has 2 aromatic carbocycles. The molecule has 138 valence electrons. The van der Waals surface area contributed by atoms with Gasteiger partial charge in [-0.25, -0.2) is 8.42 Å². The number of carbonyl (C=O) groups excluding carboxylic acids is 1. The third-order valence-corrected chi connectivity index (χ3v) is 4.46. The molecule has 0 bridgehead atoms. The van der Waals surface area contributed by atoms with Crippen molar-refractivity contribution in [2.75, 3.05) is 23.4 Å². The van der Waals surface area contributed by atoms with Gasteiger partial charge in [-0.05, 0) is 35.9 Å². The third-order valence-electron chi connectivity index (χ3n) is 3.14. The lowest BCUT2D eigenvalue weighted by molar-refractivity contribution is -0.111. The summed E-state index contributed by atoms with van der Waals surface area (Å²) < 4.78 is 30.1. The fourth-order valence-electron chi connectivity index (χ4n) is 2.02. The van der Waals surface area contributed by atoms with Crippen LogP contribution in [0, 0.1) is 0 Å². The van der Waals surface area contributed by atoms with Crippen molar-refractivity contribution >= 4 is 56.6 Å². The number of anilines is 2. The number of carbonyl (C=O) groups is 1. The average molecular weight is 415 g/mol. The molecule has 0 saturated heterocycles. The molecule has 9 heteroatoms. The summed E-state index contributed by atoms with van der Waals surface area (Å²) in [6, 6.07) is 9.58. The van der Waals surface area contributed by atoms with Crippen molar-refractivity contribution in [3.63, 3.8) is 0 Å². The minimum absolute atomic E-state index is 0.277. The van der Waals surface area contributed by atoms with Crippen LogP contribution < -0.4 is 14.8 Å². The molecular formula is C17H16Cl2N2O4S. The molecule has 0 atom stereocenters. The van der Waals surface area contributed by atoms with Crippen LogP contribution in [0.3, 0.4) is 0 Å². The number of hydrogen-bond acceptors (Lipinski definition) is 4. The SMILES string of the molecule is COc1cc(NC(=O)/C=C/c2ccc(Cl)c(Cl)c2)ccc1NS(C)(=O)=O. The molecule has 26 heavy (non-hydrogen) atoms.